The average Bonchev–Trinajstić information content (AvgIpc) is 2.60. The molecule has 7 heteroatoms. The van der Waals surface area contributed by atoms with Gasteiger partial charge in [-0.2, -0.15) is 0 Å². The molecule has 0 fully saturated rings. The summed E-state index contributed by atoms with van der Waals surface area (Å²) in [5, 5.41) is 2.77. The first-order chi connectivity index (χ1) is 11.6. The van der Waals surface area contributed by atoms with Gasteiger partial charge in [0.05, 0.1) is 6.61 Å². The van der Waals surface area contributed by atoms with Crippen molar-refractivity contribution in [3.05, 3.63) is 47.7 Å². The molecule has 1 N–H and O–H groups in total. The summed E-state index contributed by atoms with van der Waals surface area (Å²) < 4.78 is 4.93. The zero-order valence-corrected chi connectivity index (χ0v) is 14.3. The number of hydrogen-bond donors (Lipinski definition) is 1. The lowest BCUT2D eigenvalue weighted by Crippen LogP contribution is -2.29. The van der Waals surface area contributed by atoms with Gasteiger partial charge in [0.25, 0.3) is 5.91 Å². The highest BCUT2D eigenvalue weighted by molar-refractivity contribution is 5.92. The Kier molecular flexibility index (Phi) is 6.62. The molecule has 24 heavy (non-hydrogen) atoms. The van der Waals surface area contributed by atoms with Crippen LogP contribution in [0.3, 0.4) is 0 Å². The van der Waals surface area contributed by atoms with Crippen molar-refractivity contribution >= 4 is 11.7 Å². The smallest absolute Gasteiger partial charge is 0.270 e. The predicted molar refractivity (Wildman–Crippen MR) is 92.2 cm³/mol. The van der Waals surface area contributed by atoms with Gasteiger partial charge >= 0.3 is 0 Å². The first kappa shape index (κ1) is 17.8. The van der Waals surface area contributed by atoms with Crippen LogP contribution in [0.4, 0.5) is 5.82 Å². The van der Waals surface area contributed by atoms with Gasteiger partial charge in [-0.25, -0.2) is 9.97 Å². The first-order valence-corrected chi connectivity index (χ1v) is 7.83. The Morgan fingerprint density at radius 2 is 2.04 bits per heavy atom. The Bertz CT molecular complexity index is 663. The zero-order valence-electron chi connectivity index (χ0n) is 14.3. The number of rotatable bonds is 8. The molecule has 2 aromatic heterocycles. The number of anilines is 1. The summed E-state index contributed by atoms with van der Waals surface area (Å²) in [4.78, 5) is 26.8. The highest BCUT2D eigenvalue weighted by Gasteiger charge is 2.12. The lowest BCUT2D eigenvalue weighted by molar-refractivity contribution is 0.0931. The number of pyridine rings is 1. The van der Waals surface area contributed by atoms with Gasteiger partial charge in [-0.1, -0.05) is 0 Å². The van der Waals surface area contributed by atoms with Crippen LogP contribution in [0.25, 0.3) is 0 Å². The van der Waals surface area contributed by atoms with Gasteiger partial charge in [0, 0.05) is 45.7 Å². The molecule has 0 aliphatic carbocycles. The lowest BCUT2D eigenvalue weighted by Gasteiger charge is -2.19. The highest BCUT2D eigenvalue weighted by atomic mass is 16.5. The topological polar surface area (TPSA) is 80.2 Å². The van der Waals surface area contributed by atoms with Crippen molar-refractivity contribution in [2.24, 2.45) is 0 Å². The molecule has 0 saturated carbocycles. The SMILES string of the molecule is COCCNC(=O)c1cc(N(C)CCc2ccncc2)nc(C)n1. The molecule has 0 aliphatic rings. The molecule has 7 nitrogen and oxygen atoms in total. The summed E-state index contributed by atoms with van der Waals surface area (Å²) in [6, 6.07) is 5.70. The predicted octanol–water partition coefficient (Wildman–Crippen LogP) is 1.24. The van der Waals surface area contributed by atoms with Crippen LogP contribution in [-0.4, -0.2) is 54.7 Å². The van der Waals surface area contributed by atoms with Crippen molar-refractivity contribution in [1.82, 2.24) is 20.3 Å². The molecule has 0 atom stereocenters. The maximum Gasteiger partial charge on any atom is 0.270 e. The summed E-state index contributed by atoms with van der Waals surface area (Å²) in [7, 11) is 3.55. The van der Waals surface area contributed by atoms with Gasteiger partial charge in [-0.3, -0.25) is 9.78 Å². The molecule has 128 valence electrons. The third-order valence-electron chi connectivity index (χ3n) is 3.53. The molecule has 0 saturated heterocycles. The van der Waals surface area contributed by atoms with E-state index in [1.165, 1.54) is 5.56 Å². The average molecular weight is 329 g/mol. The number of amides is 1. The largest absolute Gasteiger partial charge is 0.383 e. The van der Waals surface area contributed by atoms with Crippen molar-refractivity contribution in [3.63, 3.8) is 0 Å². The Labute approximate surface area is 142 Å². The quantitative estimate of drug-likeness (QED) is 0.734. The molecule has 0 aliphatic heterocycles. The molecule has 0 unspecified atom stereocenters. The maximum atomic E-state index is 12.1. The number of nitrogens with zero attached hydrogens (tertiary/aromatic N) is 4. The second-order valence-corrected chi connectivity index (χ2v) is 5.43. The fourth-order valence-corrected chi connectivity index (χ4v) is 2.18. The van der Waals surface area contributed by atoms with Gasteiger partial charge in [0.2, 0.25) is 0 Å². The molecular weight excluding hydrogens is 306 g/mol. The number of carbonyl (C=O) groups excluding carboxylic acids is 1. The molecule has 0 aromatic carbocycles. The number of ether oxygens (including phenoxy) is 1. The highest BCUT2D eigenvalue weighted by Crippen LogP contribution is 2.12. The van der Waals surface area contributed by atoms with Crippen LogP contribution < -0.4 is 10.2 Å². The molecular formula is C17H23N5O2. The minimum absolute atomic E-state index is 0.221. The minimum atomic E-state index is -0.221. The van der Waals surface area contributed by atoms with Gasteiger partial charge in [0.1, 0.15) is 17.3 Å². The van der Waals surface area contributed by atoms with Crippen LogP contribution >= 0.6 is 0 Å². The van der Waals surface area contributed by atoms with E-state index in [9.17, 15) is 4.79 Å². The van der Waals surface area contributed by atoms with Crippen LogP contribution in [0.2, 0.25) is 0 Å². The fraction of sp³-hybridized carbons (Fsp3) is 0.412. The third kappa shape index (κ3) is 5.27. The molecule has 0 radical (unpaired) electrons. The monoisotopic (exact) mass is 329 g/mol. The summed E-state index contributed by atoms with van der Waals surface area (Å²) in [5.41, 5.74) is 1.57. The van der Waals surface area contributed by atoms with Crippen molar-refractivity contribution in [1.29, 1.82) is 0 Å². The summed E-state index contributed by atoms with van der Waals surface area (Å²) in [6.45, 7) is 3.48. The van der Waals surface area contributed by atoms with Crippen LogP contribution in [-0.2, 0) is 11.2 Å². The Morgan fingerprint density at radius 1 is 1.29 bits per heavy atom. The standard InChI is InChI=1S/C17H23N5O2/c1-13-20-15(17(23)19-9-11-24-3)12-16(21-13)22(2)10-6-14-4-7-18-8-5-14/h4-5,7-8,12H,6,9-11H2,1-3H3,(H,19,23). The van der Waals surface area contributed by atoms with E-state index in [0.717, 1.165) is 18.8 Å². The summed E-state index contributed by atoms with van der Waals surface area (Å²) >= 11 is 0. The van der Waals surface area contributed by atoms with E-state index < -0.39 is 0 Å². The molecule has 0 bridgehead atoms. The van der Waals surface area contributed by atoms with E-state index in [-0.39, 0.29) is 5.91 Å². The number of nitrogens with one attached hydrogen (secondary N) is 1. The number of likely N-dealkylation sites (N-methyl/N-ethyl adjacent to an activating group) is 1. The molecule has 1 amide bonds. The third-order valence-corrected chi connectivity index (χ3v) is 3.53. The van der Waals surface area contributed by atoms with Crippen LogP contribution in [0.5, 0.6) is 0 Å². The van der Waals surface area contributed by atoms with Crippen molar-refractivity contribution < 1.29 is 9.53 Å². The first-order valence-electron chi connectivity index (χ1n) is 7.83. The van der Waals surface area contributed by atoms with E-state index in [1.807, 2.05) is 24.1 Å². The number of aromatic nitrogens is 3. The Hall–Kier alpha value is -2.54. The maximum absolute atomic E-state index is 12.1. The number of methoxy groups -OCH3 is 1. The molecule has 2 heterocycles. The van der Waals surface area contributed by atoms with E-state index in [1.54, 1.807) is 32.5 Å². The second-order valence-electron chi connectivity index (χ2n) is 5.43. The van der Waals surface area contributed by atoms with Crippen LogP contribution in [0, 0.1) is 6.92 Å². The van der Waals surface area contributed by atoms with Crippen molar-refractivity contribution in [2.45, 2.75) is 13.3 Å². The van der Waals surface area contributed by atoms with Gasteiger partial charge < -0.3 is 15.0 Å². The minimum Gasteiger partial charge on any atom is -0.383 e. The zero-order chi connectivity index (χ0) is 17.4. The number of hydrogen-bond acceptors (Lipinski definition) is 6. The Balaban J connectivity index is 2.02. The second kappa shape index (κ2) is 8.93. The summed E-state index contributed by atoms with van der Waals surface area (Å²) in [6.07, 6.45) is 4.44. The van der Waals surface area contributed by atoms with Crippen molar-refractivity contribution in [2.75, 3.05) is 38.8 Å². The van der Waals surface area contributed by atoms with Crippen LogP contribution in [0.15, 0.2) is 30.6 Å². The van der Waals surface area contributed by atoms with E-state index in [0.29, 0.717) is 24.7 Å². The number of carbonyl (C=O) groups is 1. The van der Waals surface area contributed by atoms with E-state index in [2.05, 4.69) is 20.3 Å². The Morgan fingerprint density at radius 3 is 2.75 bits per heavy atom. The van der Waals surface area contributed by atoms with Crippen molar-refractivity contribution in [3.8, 4) is 0 Å². The van der Waals surface area contributed by atoms with Gasteiger partial charge in [0.15, 0.2) is 0 Å². The number of aryl methyl sites for hydroxylation is 1. The summed E-state index contributed by atoms with van der Waals surface area (Å²) in [5.74, 6) is 1.08. The van der Waals surface area contributed by atoms with Gasteiger partial charge in [-0.05, 0) is 31.0 Å². The lowest BCUT2D eigenvalue weighted by atomic mass is 10.2. The molecule has 0 spiro atoms. The normalized spacial score (nSPS) is 10.5. The fourth-order valence-electron chi connectivity index (χ4n) is 2.18. The van der Waals surface area contributed by atoms with Crippen LogP contribution in [0.1, 0.15) is 21.9 Å². The van der Waals surface area contributed by atoms with Gasteiger partial charge in [-0.15, -0.1) is 0 Å². The van der Waals surface area contributed by atoms with E-state index >= 15 is 0 Å². The van der Waals surface area contributed by atoms with E-state index in [4.69, 9.17) is 4.74 Å². The molecule has 2 aromatic rings. The molecule has 2 rings (SSSR count).